The lowest BCUT2D eigenvalue weighted by Gasteiger charge is -2.16. The molecule has 0 saturated heterocycles. The number of nitrogens with two attached hydrogens (primary N) is 1. The summed E-state index contributed by atoms with van der Waals surface area (Å²) in [4.78, 5) is 14.2. The average molecular weight is 291 g/mol. The van der Waals surface area contributed by atoms with Gasteiger partial charge in [-0.25, -0.2) is 0 Å². The summed E-state index contributed by atoms with van der Waals surface area (Å²) in [7, 11) is 4.08. The van der Waals surface area contributed by atoms with Gasteiger partial charge in [0.25, 0.3) is 0 Å². The number of carbonyl (C=O) groups excluding carboxylic acids is 1. The summed E-state index contributed by atoms with van der Waals surface area (Å²) in [5.74, 6) is 0.876. The van der Waals surface area contributed by atoms with E-state index in [4.69, 9.17) is 5.73 Å². The summed E-state index contributed by atoms with van der Waals surface area (Å²) in [6.45, 7) is 5.78. The zero-order chi connectivity index (χ0) is 15.8. The van der Waals surface area contributed by atoms with Crippen LogP contribution in [0.2, 0.25) is 0 Å². The molecule has 0 aromatic heterocycles. The molecule has 0 aliphatic carbocycles. The van der Waals surface area contributed by atoms with Gasteiger partial charge in [0.1, 0.15) is 0 Å². The normalized spacial score (nSPS) is 12.7. The molecule has 0 radical (unpaired) electrons. The molecular formula is C17H29N3O. The van der Waals surface area contributed by atoms with Gasteiger partial charge in [-0.2, -0.15) is 0 Å². The molecule has 1 rings (SSSR count). The molecule has 0 aliphatic rings. The van der Waals surface area contributed by atoms with Crippen LogP contribution in [0.4, 0.5) is 5.69 Å². The van der Waals surface area contributed by atoms with Gasteiger partial charge in [-0.1, -0.05) is 26.0 Å². The Morgan fingerprint density at radius 1 is 1.24 bits per heavy atom. The van der Waals surface area contributed by atoms with Gasteiger partial charge in [-0.3, -0.25) is 4.79 Å². The van der Waals surface area contributed by atoms with E-state index in [0.29, 0.717) is 18.9 Å². The molecule has 0 heterocycles. The maximum Gasteiger partial charge on any atom is 0.224 e. The van der Waals surface area contributed by atoms with Crippen LogP contribution in [0.3, 0.4) is 0 Å². The van der Waals surface area contributed by atoms with E-state index in [1.807, 2.05) is 38.4 Å². The van der Waals surface area contributed by atoms with Crippen LogP contribution in [-0.4, -0.2) is 31.4 Å². The molecule has 0 saturated carbocycles. The van der Waals surface area contributed by atoms with Gasteiger partial charge >= 0.3 is 0 Å². The third kappa shape index (κ3) is 7.25. The molecule has 0 bridgehead atoms. The molecule has 118 valence electrons. The van der Waals surface area contributed by atoms with Crippen molar-refractivity contribution in [1.82, 2.24) is 4.90 Å². The summed E-state index contributed by atoms with van der Waals surface area (Å²) >= 11 is 0. The molecule has 1 atom stereocenters. The van der Waals surface area contributed by atoms with E-state index in [9.17, 15) is 4.79 Å². The fraction of sp³-hybridized carbons (Fsp3) is 0.588. The van der Waals surface area contributed by atoms with Crippen LogP contribution in [0.15, 0.2) is 24.3 Å². The Balaban J connectivity index is 2.50. The predicted molar refractivity (Wildman–Crippen MR) is 89.1 cm³/mol. The highest BCUT2D eigenvalue weighted by Gasteiger charge is 2.14. The number of anilines is 1. The molecule has 1 aromatic rings. The van der Waals surface area contributed by atoms with Crippen LogP contribution >= 0.6 is 0 Å². The van der Waals surface area contributed by atoms with E-state index in [2.05, 4.69) is 24.1 Å². The number of nitrogens with zero attached hydrogens (tertiary/aromatic N) is 1. The number of amides is 1. The molecule has 21 heavy (non-hydrogen) atoms. The van der Waals surface area contributed by atoms with E-state index in [0.717, 1.165) is 18.7 Å². The largest absolute Gasteiger partial charge is 0.330 e. The molecule has 0 unspecified atom stereocenters. The monoisotopic (exact) mass is 291 g/mol. The maximum atomic E-state index is 12.1. The predicted octanol–water partition coefficient (Wildman–Crippen LogP) is 2.70. The molecule has 4 heteroatoms. The highest BCUT2D eigenvalue weighted by Crippen LogP contribution is 2.16. The number of carbonyl (C=O) groups is 1. The maximum absolute atomic E-state index is 12.1. The Kier molecular flexibility index (Phi) is 7.40. The zero-order valence-corrected chi connectivity index (χ0v) is 13.7. The van der Waals surface area contributed by atoms with Gasteiger partial charge < -0.3 is 16.0 Å². The van der Waals surface area contributed by atoms with E-state index in [1.54, 1.807) is 0 Å². The summed E-state index contributed by atoms with van der Waals surface area (Å²) < 4.78 is 0. The summed E-state index contributed by atoms with van der Waals surface area (Å²) in [6, 6.07) is 8.00. The smallest absolute Gasteiger partial charge is 0.224 e. The third-order valence-electron chi connectivity index (χ3n) is 3.35. The van der Waals surface area contributed by atoms with Gasteiger partial charge in [0.15, 0.2) is 0 Å². The second-order valence-corrected chi connectivity index (χ2v) is 6.42. The number of nitrogens with one attached hydrogen (secondary N) is 1. The Bertz CT molecular complexity index is 426. The standard InChI is InChI=1S/C17H29N3O/c1-13(2)9-15(11-18)10-17(21)19-16-7-5-14(6-8-16)12-20(3)4/h5-8,13,15H,9-12,18H2,1-4H3,(H,19,21)/t15-/m0/s1. The Labute approximate surface area is 128 Å². The number of rotatable bonds is 8. The molecule has 4 nitrogen and oxygen atoms in total. The van der Waals surface area contributed by atoms with Crippen molar-refractivity contribution in [3.05, 3.63) is 29.8 Å². The lowest BCUT2D eigenvalue weighted by molar-refractivity contribution is -0.117. The van der Waals surface area contributed by atoms with Gasteiger partial charge in [-0.05, 0) is 56.6 Å². The van der Waals surface area contributed by atoms with Crippen molar-refractivity contribution in [1.29, 1.82) is 0 Å². The quantitative estimate of drug-likeness (QED) is 0.774. The highest BCUT2D eigenvalue weighted by atomic mass is 16.1. The third-order valence-corrected chi connectivity index (χ3v) is 3.35. The van der Waals surface area contributed by atoms with E-state index < -0.39 is 0 Å². The molecule has 1 aromatic carbocycles. The molecular weight excluding hydrogens is 262 g/mol. The zero-order valence-electron chi connectivity index (χ0n) is 13.7. The molecule has 0 aliphatic heterocycles. The Morgan fingerprint density at radius 3 is 2.33 bits per heavy atom. The second kappa shape index (κ2) is 8.80. The van der Waals surface area contributed by atoms with Gasteiger partial charge in [0, 0.05) is 18.7 Å². The van der Waals surface area contributed by atoms with Gasteiger partial charge in [-0.15, -0.1) is 0 Å². The van der Waals surface area contributed by atoms with Crippen LogP contribution in [0.25, 0.3) is 0 Å². The van der Waals surface area contributed by atoms with Gasteiger partial charge in [0.2, 0.25) is 5.91 Å². The molecule has 3 N–H and O–H groups in total. The summed E-state index contributed by atoms with van der Waals surface area (Å²) in [5, 5.41) is 2.95. The average Bonchev–Trinajstić information content (AvgIpc) is 2.39. The van der Waals surface area contributed by atoms with Crippen LogP contribution in [0.5, 0.6) is 0 Å². The minimum absolute atomic E-state index is 0.0476. The first-order valence-corrected chi connectivity index (χ1v) is 7.64. The van der Waals surface area contributed by atoms with Crippen LogP contribution in [-0.2, 0) is 11.3 Å². The first kappa shape index (κ1) is 17.7. The number of hydrogen-bond acceptors (Lipinski definition) is 3. The minimum Gasteiger partial charge on any atom is -0.330 e. The SMILES string of the molecule is CC(C)C[C@H](CN)CC(=O)Nc1ccc(CN(C)C)cc1. The fourth-order valence-corrected chi connectivity index (χ4v) is 2.46. The summed E-state index contributed by atoms with van der Waals surface area (Å²) in [5.41, 5.74) is 7.83. The van der Waals surface area contributed by atoms with Crippen molar-refractivity contribution in [2.45, 2.75) is 33.2 Å². The van der Waals surface area contributed by atoms with Crippen molar-refractivity contribution in [2.24, 2.45) is 17.6 Å². The fourth-order valence-electron chi connectivity index (χ4n) is 2.46. The number of hydrogen-bond donors (Lipinski definition) is 2. The first-order chi connectivity index (χ1) is 9.90. The topological polar surface area (TPSA) is 58.4 Å². The Morgan fingerprint density at radius 2 is 1.86 bits per heavy atom. The summed E-state index contributed by atoms with van der Waals surface area (Å²) in [6.07, 6.45) is 1.49. The highest BCUT2D eigenvalue weighted by molar-refractivity contribution is 5.90. The number of benzene rings is 1. The molecule has 1 amide bonds. The van der Waals surface area contributed by atoms with E-state index in [1.165, 1.54) is 5.56 Å². The first-order valence-electron chi connectivity index (χ1n) is 7.64. The van der Waals surface area contributed by atoms with Crippen LogP contribution in [0, 0.1) is 11.8 Å². The lowest BCUT2D eigenvalue weighted by Crippen LogP contribution is -2.23. The lowest BCUT2D eigenvalue weighted by atomic mass is 9.94. The van der Waals surface area contributed by atoms with Crippen molar-refractivity contribution in [2.75, 3.05) is 26.0 Å². The van der Waals surface area contributed by atoms with Crippen molar-refractivity contribution < 1.29 is 4.79 Å². The molecule has 0 spiro atoms. The van der Waals surface area contributed by atoms with Crippen molar-refractivity contribution >= 4 is 11.6 Å². The van der Waals surface area contributed by atoms with Crippen molar-refractivity contribution in [3.8, 4) is 0 Å². The van der Waals surface area contributed by atoms with E-state index >= 15 is 0 Å². The van der Waals surface area contributed by atoms with Crippen LogP contribution in [0.1, 0.15) is 32.3 Å². The van der Waals surface area contributed by atoms with Crippen LogP contribution < -0.4 is 11.1 Å². The Hall–Kier alpha value is -1.39. The minimum atomic E-state index is 0.0476. The molecule has 0 fully saturated rings. The van der Waals surface area contributed by atoms with Gasteiger partial charge in [0.05, 0.1) is 0 Å². The van der Waals surface area contributed by atoms with Crippen molar-refractivity contribution in [3.63, 3.8) is 0 Å². The second-order valence-electron chi connectivity index (χ2n) is 6.42. The van der Waals surface area contributed by atoms with E-state index in [-0.39, 0.29) is 11.8 Å².